The number of rotatable bonds is 5. The van der Waals surface area contributed by atoms with Crippen LogP contribution in [0, 0.1) is 0 Å². The van der Waals surface area contributed by atoms with Crippen LogP contribution in [0.15, 0.2) is 70.2 Å². The van der Waals surface area contributed by atoms with Crippen LogP contribution in [0.2, 0.25) is 10.0 Å². The van der Waals surface area contributed by atoms with Crippen molar-refractivity contribution in [3.05, 3.63) is 91.9 Å². The number of anilines is 1. The number of hydrogen-bond acceptors (Lipinski definition) is 4. The minimum atomic E-state index is -0.468. The van der Waals surface area contributed by atoms with Crippen molar-refractivity contribution in [2.24, 2.45) is 5.10 Å². The lowest BCUT2D eigenvalue weighted by molar-refractivity contribution is 0.0954. The molecule has 0 spiro atoms. The first-order chi connectivity index (χ1) is 14.3. The second-order valence-electron chi connectivity index (χ2n) is 6.06. The van der Waals surface area contributed by atoms with Gasteiger partial charge in [0.05, 0.1) is 11.2 Å². The predicted molar refractivity (Wildman–Crippen MR) is 122 cm³/mol. The van der Waals surface area contributed by atoms with Crippen molar-refractivity contribution >= 4 is 62.8 Å². The Morgan fingerprint density at radius 2 is 1.53 bits per heavy atom. The molecule has 3 rings (SSSR count). The summed E-state index contributed by atoms with van der Waals surface area (Å²) >= 11 is 15.0. The standard InChI is InChI=1S/C21H14BrCl2N3O3/c22-15-5-1-12(2-6-15)20(29)26-17-7-3-13(4-8-17)21(30)27-25-11-14-9-16(23)10-18(24)19(14)28/h1-11,28H,(H,26,29)(H,27,30)/b25-11-. The molecule has 0 bridgehead atoms. The topological polar surface area (TPSA) is 90.8 Å². The Kier molecular flexibility index (Phi) is 7.10. The van der Waals surface area contributed by atoms with Crippen molar-refractivity contribution in [3.8, 4) is 5.75 Å². The molecule has 3 aromatic carbocycles. The van der Waals surface area contributed by atoms with Gasteiger partial charge in [-0.1, -0.05) is 39.1 Å². The molecule has 0 saturated carbocycles. The number of carbonyl (C=O) groups excluding carboxylic acids is 2. The maximum atomic E-state index is 12.2. The summed E-state index contributed by atoms with van der Waals surface area (Å²) < 4.78 is 0.880. The molecule has 2 amide bonds. The Morgan fingerprint density at radius 1 is 0.933 bits per heavy atom. The number of nitrogens with zero attached hydrogens (tertiary/aromatic N) is 1. The molecular weight excluding hydrogens is 493 g/mol. The number of phenols is 1. The molecule has 0 heterocycles. The van der Waals surface area contributed by atoms with Gasteiger partial charge < -0.3 is 10.4 Å². The lowest BCUT2D eigenvalue weighted by Gasteiger charge is -2.06. The van der Waals surface area contributed by atoms with E-state index in [0.29, 0.717) is 21.8 Å². The fraction of sp³-hybridized carbons (Fsp3) is 0. The van der Waals surface area contributed by atoms with Crippen LogP contribution in [-0.2, 0) is 0 Å². The van der Waals surface area contributed by atoms with Crippen molar-refractivity contribution < 1.29 is 14.7 Å². The highest BCUT2D eigenvalue weighted by atomic mass is 79.9. The summed E-state index contributed by atoms with van der Waals surface area (Å²) in [7, 11) is 0. The van der Waals surface area contributed by atoms with Crippen LogP contribution < -0.4 is 10.7 Å². The highest BCUT2D eigenvalue weighted by molar-refractivity contribution is 9.10. The van der Waals surface area contributed by atoms with E-state index in [0.717, 1.165) is 4.47 Å². The van der Waals surface area contributed by atoms with E-state index in [-0.39, 0.29) is 22.2 Å². The zero-order chi connectivity index (χ0) is 21.7. The smallest absolute Gasteiger partial charge is 0.271 e. The summed E-state index contributed by atoms with van der Waals surface area (Å²) in [5, 5.41) is 16.8. The van der Waals surface area contributed by atoms with Gasteiger partial charge in [-0.15, -0.1) is 0 Å². The Balaban J connectivity index is 1.61. The Morgan fingerprint density at radius 3 is 2.20 bits per heavy atom. The summed E-state index contributed by atoms with van der Waals surface area (Å²) in [6.45, 7) is 0. The minimum Gasteiger partial charge on any atom is -0.506 e. The predicted octanol–water partition coefficient (Wildman–Crippen LogP) is 5.48. The van der Waals surface area contributed by atoms with Crippen molar-refractivity contribution in [3.63, 3.8) is 0 Å². The molecule has 0 atom stereocenters. The largest absolute Gasteiger partial charge is 0.506 e. The van der Waals surface area contributed by atoms with Gasteiger partial charge in [0.25, 0.3) is 11.8 Å². The average Bonchev–Trinajstić information content (AvgIpc) is 2.72. The maximum Gasteiger partial charge on any atom is 0.271 e. The van der Waals surface area contributed by atoms with Gasteiger partial charge in [-0.25, -0.2) is 5.43 Å². The molecule has 0 aromatic heterocycles. The van der Waals surface area contributed by atoms with Crippen molar-refractivity contribution in [2.75, 3.05) is 5.32 Å². The van der Waals surface area contributed by atoms with Gasteiger partial charge >= 0.3 is 0 Å². The van der Waals surface area contributed by atoms with Gasteiger partial charge in [0.2, 0.25) is 0 Å². The number of nitrogens with one attached hydrogen (secondary N) is 2. The first-order valence-corrected chi connectivity index (χ1v) is 10.1. The third-order valence-electron chi connectivity index (χ3n) is 3.94. The first kappa shape index (κ1) is 21.8. The van der Waals surface area contributed by atoms with Crippen LogP contribution in [0.4, 0.5) is 5.69 Å². The van der Waals surface area contributed by atoms with Crippen molar-refractivity contribution in [1.82, 2.24) is 5.43 Å². The van der Waals surface area contributed by atoms with Crippen molar-refractivity contribution in [2.45, 2.75) is 0 Å². The molecular formula is C21H14BrCl2N3O3. The molecule has 3 aromatic rings. The molecule has 30 heavy (non-hydrogen) atoms. The first-order valence-electron chi connectivity index (χ1n) is 8.52. The van der Waals surface area contributed by atoms with Crippen LogP contribution in [0.25, 0.3) is 0 Å². The van der Waals surface area contributed by atoms with Gasteiger partial charge in [-0.2, -0.15) is 5.10 Å². The van der Waals surface area contributed by atoms with Crippen LogP contribution in [0.1, 0.15) is 26.3 Å². The highest BCUT2D eigenvalue weighted by Gasteiger charge is 2.09. The number of amides is 2. The van der Waals surface area contributed by atoms with E-state index >= 15 is 0 Å². The molecule has 152 valence electrons. The van der Waals surface area contributed by atoms with E-state index in [2.05, 4.69) is 31.8 Å². The van der Waals surface area contributed by atoms with E-state index in [1.54, 1.807) is 48.5 Å². The normalized spacial score (nSPS) is 10.8. The van der Waals surface area contributed by atoms with E-state index in [1.807, 2.05) is 0 Å². The van der Waals surface area contributed by atoms with E-state index in [9.17, 15) is 14.7 Å². The molecule has 6 nitrogen and oxygen atoms in total. The monoisotopic (exact) mass is 505 g/mol. The molecule has 0 saturated heterocycles. The van der Waals surface area contributed by atoms with Crippen LogP contribution >= 0.6 is 39.1 Å². The zero-order valence-electron chi connectivity index (χ0n) is 15.2. The highest BCUT2D eigenvalue weighted by Crippen LogP contribution is 2.29. The zero-order valence-corrected chi connectivity index (χ0v) is 18.3. The second-order valence-corrected chi connectivity index (χ2v) is 7.82. The molecule has 0 aliphatic rings. The van der Waals surface area contributed by atoms with E-state index in [4.69, 9.17) is 23.2 Å². The molecule has 0 radical (unpaired) electrons. The van der Waals surface area contributed by atoms with E-state index < -0.39 is 5.91 Å². The number of aromatic hydroxyl groups is 1. The van der Waals surface area contributed by atoms with Gasteiger partial charge in [-0.05, 0) is 60.7 Å². The lowest BCUT2D eigenvalue weighted by Crippen LogP contribution is -2.18. The van der Waals surface area contributed by atoms with Gasteiger partial charge in [-0.3, -0.25) is 9.59 Å². The molecule has 3 N–H and O–H groups in total. The summed E-state index contributed by atoms with van der Waals surface area (Å²) in [5.41, 5.74) is 4.00. The maximum absolute atomic E-state index is 12.2. The Bertz CT molecular complexity index is 1120. The van der Waals surface area contributed by atoms with Crippen LogP contribution in [-0.4, -0.2) is 23.1 Å². The summed E-state index contributed by atoms with van der Waals surface area (Å²) in [5.74, 6) is -0.918. The van der Waals surface area contributed by atoms with Gasteiger partial charge in [0.1, 0.15) is 5.75 Å². The lowest BCUT2D eigenvalue weighted by atomic mass is 10.1. The quantitative estimate of drug-likeness (QED) is 0.316. The summed E-state index contributed by atoms with van der Waals surface area (Å²) in [4.78, 5) is 24.4. The summed E-state index contributed by atoms with van der Waals surface area (Å²) in [6, 6.07) is 16.1. The number of halogens is 3. The van der Waals surface area contributed by atoms with Crippen molar-refractivity contribution in [1.29, 1.82) is 0 Å². The third kappa shape index (κ3) is 5.60. The number of phenolic OH excluding ortho intramolecular Hbond substituents is 1. The molecule has 0 aliphatic carbocycles. The fourth-order valence-electron chi connectivity index (χ4n) is 2.42. The number of carbonyl (C=O) groups is 2. The Hall–Kier alpha value is -2.87. The average molecular weight is 507 g/mol. The Labute approximate surface area is 190 Å². The number of hydrogen-bond donors (Lipinski definition) is 3. The number of hydrazone groups is 1. The third-order valence-corrected chi connectivity index (χ3v) is 4.97. The van der Waals surface area contributed by atoms with Gasteiger partial charge in [0.15, 0.2) is 0 Å². The van der Waals surface area contributed by atoms with Crippen LogP contribution in [0.3, 0.4) is 0 Å². The molecule has 0 fully saturated rings. The SMILES string of the molecule is O=C(N/N=C\c1cc(Cl)cc(Cl)c1O)c1ccc(NC(=O)c2ccc(Br)cc2)cc1. The minimum absolute atomic E-state index is 0.0797. The molecule has 9 heteroatoms. The number of benzene rings is 3. The van der Waals surface area contributed by atoms with Crippen LogP contribution in [0.5, 0.6) is 5.75 Å². The fourth-order valence-corrected chi connectivity index (χ4v) is 3.19. The van der Waals surface area contributed by atoms with E-state index in [1.165, 1.54) is 18.3 Å². The summed E-state index contributed by atoms with van der Waals surface area (Å²) in [6.07, 6.45) is 1.23. The molecule has 0 unspecified atom stereocenters. The molecule has 0 aliphatic heterocycles. The second kappa shape index (κ2) is 9.75. The van der Waals surface area contributed by atoms with Gasteiger partial charge in [0, 0.05) is 31.9 Å².